The molecule has 3 amide bonds. The van der Waals surface area contributed by atoms with Gasteiger partial charge in [-0.05, 0) is 36.8 Å². The number of nitrogens with one attached hydrogen (secondary N) is 1. The van der Waals surface area contributed by atoms with E-state index in [0.29, 0.717) is 33.7 Å². The third-order valence-electron chi connectivity index (χ3n) is 4.26. The van der Waals surface area contributed by atoms with Crippen LogP contribution in [0.1, 0.15) is 23.6 Å². The molecule has 8 heteroatoms. The number of halogens is 1. The van der Waals surface area contributed by atoms with E-state index >= 15 is 0 Å². The molecule has 0 saturated carbocycles. The Morgan fingerprint density at radius 1 is 1.21 bits per heavy atom. The van der Waals surface area contributed by atoms with E-state index in [2.05, 4.69) is 27.3 Å². The van der Waals surface area contributed by atoms with E-state index < -0.39 is 11.9 Å². The van der Waals surface area contributed by atoms with Crippen molar-refractivity contribution >= 4 is 33.9 Å². The van der Waals surface area contributed by atoms with E-state index in [0.717, 1.165) is 10.5 Å². The van der Waals surface area contributed by atoms with Gasteiger partial charge in [-0.15, -0.1) is 0 Å². The van der Waals surface area contributed by atoms with Crippen molar-refractivity contribution in [3.8, 4) is 17.6 Å². The maximum Gasteiger partial charge on any atom is 0.328 e. The Hall–Kier alpha value is -3.31. The van der Waals surface area contributed by atoms with Gasteiger partial charge in [-0.2, -0.15) is 5.26 Å². The summed E-state index contributed by atoms with van der Waals surface area (Å²) >= 11 is 3.47. The van der Waals surface area contributed by atoms with Gasteiger partial charge in [-0.3, -0.25) is 9.69 Å². The van der Waals surface area contributed by atoms with Crippen molar-refractivity contribution in [1.29, 1.82) is 5.26 Å². The molecule has 148 valence electrons. The highest BCUT2D eigenvalue weighted by atomic mass is 79.9. The SMILES string of the molecule is CCOc1cc(/C=C2/NC(=O)N(C)C2=O)c(Br)cc1OCc1ccccc1C#N. The average molecular weight is 456 g/mol. The topological polar surface area (TPSA) is 91.7 Å². The maximum atomic E-state index is 12.1. The van der Waals surface area contributed by atoms with Crippen LogP contribution in [-0.4, -0.2) is 30.5 Å². The van der Waals surface area contributed by atoms with Crippen LogP contribution < -0.4 is 14.8 Å². The van der Waals surface area contributed by atoms with Crippen molar-refractivity contribution in [1.82, 2.24) is 10.2 Å². The number of hydrogen-bond acceptors (Lipinski definition) is 5. The van der Waals surface area contributed by atoms with Crippen molar-refractivity contribution in [2.24, 2.45) is 0 Å². The van der Waals surface area contributed by atoms with Crippen LogP contribution in [0, 0.1) is 11.3 Å². The van der Waals surface area contributed by atoms with Crippen molar-refractivity contribution in [3.63, 3.8) is 0 Å². The lowest BCUT2D eigenvalue weighted by atomic mass is 10.1. The van der Waals surface area contributed by atoms with Gasteiger partial charge in [0, 0.05) is 17.1 Å². The molecule has 0 unspecified atom stereocenters. The predicted octanol–water partition coefficient (Wildman–Crippen LogP) is 3.82. The van der Waals surface area contributed by atoms with E-state index in [9.17, 15) is 14.9 Å². The van der Waals surface area contributed by atoms with Crippen LogP contribution in [0.3, 0.4) is 0 Å². The molecule has 3 rings (SSSR count). The summed E-state index contributed by atoms with van der Waals surface area (Å²) in [6, 6.07) is 12.3. The van der Waals surface area contributed by atoms with Crippen LogP contribution >= 0.6 is 15.9 Å². The van der Waals surface area contributed by atoms with Crippen LogP contribution in [0.4, 0.5) is 4.79 Å². The number of imide groups is 1. The second-order valence-electron chi connectivity index (χ2n) is 6.16. The lowest BCUT2D eigenvalue weighted by molar-refractivity contribution is -0.121. The van der Waals surface area contributed by atoms with Gasteiger partial charge < -0.3 is 14.8 Å². The molecule has 7 nitrogen and oxygen atoms in total. The number of rotatable bonds is 6. The fourth-order valence-corrected chi connectivity index (χ4v) is 3.17. The maximum absolute atomic E-state index is 12.1. The zero-order valence-electron chi connectivity index (χ0n) is 15.9. The predicted molar refractivity (Wildman–Crippen MR) is 110 cm³/mol. The van der Waals surface area contributed by atoms with E-state index in [1.54, 1.807) is 30.3 Å². The lowest BCUT2D eigenvalue weighted by Gasteiger charge is -2.14. The average Bonchev–Trinajstić information content (AvgIpc) is 2.96. The molecule has 1 fully saturated rings. The van der Waals surface area contributed by atoms with Crippen molar-refractivity contribution < 1.29 is 19.1 Å². The zero-order valence-corrected chi connectivity index (χ0v) is 17.4. The molecule has 29 heavy (non-hydrogen) atoms. The van der Waals surface area contributed by atoms with Crippen LogP contribution in [0.15, 0.2) is 46.6 Å². The van der Waals surface area contributed by atoms with E-state index in [1.165, 1.54) is 7.05 Å². The number of hydrogen-bond donors (Lipinski definition) is 1. The second kappa shape index (κ2) is 8.80. The first-order chi connectivity index (χ1) is 13.9. The summed E-state index contributed by atoms with van der Waals surface area (Å²) in [6.45, 7) is 2.47. The minimum Gasteiger partial charge on any atom is -0.490 e. The quantitative estimate of drug-likeness (QED) is 0.527. The zero-order chi connectivity index (χ0) is 21.0. The van der Waals surface area contributed by atoms with Gasteiger partial charge in [-0.25, -0.2) is 4.79 Å². The second-order valence-corrected chi connectivity index (χ2v) is 7.02. The molecular formula is C21H18BrN3O4. The van der Waals surface area contributed by atoms with Crippen LogP contribution in [0.25, 0.3) is 6.08 Å². The smallest absolute Gasteiger partial charge is 0.328 e. The summed E-state index contributed by atoms with van der Waals surface area (Å²) in [5.74, 6) is 0.572. The molecule has 0 spiro atoms. The highest BCUT2D eigenvalue weighted by Gasteiger charge is 2.30. The summed E-state index contributed by atoms with van der Waals surface area (Å²) in [6.07, 6.45) is 1.57. The van der Waals surface area contributed by atoms with Gasteiger partial charge in [-0.1, -0.05) is 34.1 Å². The Labute approximate surface area is 176 Å². The standard InChI is InChI=1S/C21H18BrN3O4/c1-3-28-18-9-15(8-17-20(26)25(2)21(27)24-17)16(22)10-19(18)29-12-14-7-5-4-6-13(14)11-23/h4-10H,3,12H2,1-2H3,(H,24,27)/b17-8+. The van der Waals surface area contributed by atoms with E-state index in [-0.39, 0.29) is 12.3 Å². The van der Waals surface area contributed by atoms with Gasteiger partial charge in [0.1, 0.15) is 12.3 Å². The number of urea groups is 1. The number of nitrogens with zero attached hydrogens (tertiary/aromatic N) is 2. The van der Waals surface area contributed by atoms with E-state index in [1.807, 2.05) is 19.1 Å². The number of nitriles is 1. The van der Waals surface area contributed by atoms with Gasteiger partial charge in [0.25, 0.3) is 5.91 Å². The number of carbonyl (C=O) groups is 2. The Morgan fingerprint density at radius 2 is 1.93 bits per heavy atom. The molecule has 0 bridgehead atoms. The van der Waals surface area contributed by atoms with Crippen LogP contribution in [0.2, 0.25) is 0 Å². The fraction of sp³-hybridized carbons (Fsp3) is 0.190. The molecule has 0 radical (unpaired) electrons. The van der Waals surface area contributed by atoms with E-state index in [4.69, 9.17) is 9.47 Å². The molecule has 1 aliphatic heterocycles. The molecule has 0 aliphatic carbocycles. The summed E-state index contributed by atoms with van der Waals surface area (Å²) in [5.41, 5.74) is 2.14. The first-order valence-corrected chi connectivity index (χ1v) is 9.61. The van der Waals surface area contributed by atoms with Gasteiger partial charge in [0.05, 0.1) is 18.2 Å². The Kier molecular flexibility index (Phi) is 6.20. The molecule has 1 saturated heterocycles. The number of likely N-dealkylation sites (N-methyl/N-ethyl adjacent to an activating group) is 1. The summed E-state index contributed by atoms with van der Waals surface area (Å²) in [4.78, 5) is 24.8. The minimum atomic E-state index is -0.474. The molecule has 2 aromatic rings. The molecule has 1 N–H and O–H groups in total. The van der Waals surface area contributed by atoms with Crippen molar-refractivity contribution in [2.45, 2.75) is 13.5 Å². The largest absolute Gasteiger partial charge is 0.490 e. The molecular weight excluding hydrogens is 438 g/mol. The lowest BCUT2D eigenvalue weighted by Crippen LogP contribution is -2.25. The first-order valence-electron chi connectivity index (χ1n) is 8.82. The minimum absolute atomic E-state index is 0.178. The van der Waals surface area contributed by atoms with Gasteiger partial charge >= 0.3 is 6.03 Å². The van der Waals surface area contributed by atoms with Crippen molar-refractivity contribution in [3.05, 3.63) is 63.3 Å². The Morgan fingerprint density at radius 3 is 2.59 bits per heavy atom. The third-order valence-corrected chi connectivity index (χ3v) is 4.95. The number of ether oxygens (including phenoxy) is 2. The molecule has 1 aliphatic rings. The summed E-state index contributed by atoms with van der Waals surface area (Å²) in [5, 5.41) is 11.8. The molecule has 1 heterocycles. The van der Waals surface area contributed by atoms with Crippen molar-refractivity contribution in [2.75, 3.05) is 13.7 Å². The Balaban J connectivity index is 1.90. The van der Waals surface area contributed by atoms with Crippen LogP contribution in [-0.2, 0) is 11.4 Å². The molecule has 0 atom stereocenters. The molecule has 0 aromatic heterocycles. The Bertz CT molecular complexity index is 1040. The fourth-order valence-electron chi connectivity index (χ4n) is 2.73. The summed E-state index contributed by atoms with van der Waals surface area (Å²) < 4.78 is 12.3. The summed E-state index contributed by atoms with van der Waals surface area (Å²) in [7, 11) is 1.41. The number of amides is 3. The highest BCUT2D eigenvalue weighted by molar-refractivity contribution is 9.10. The van der Waals surface area contributed by atoms with Gasteiger partial charge in [0.15, 0.2) is 11.5 Å². The van der Waals surface area contributed by atoms with Gasteiger partial charge in [0.2, 0.25) is 0 Å². The monoisotopic (exact) mass is 455 g/mol. The molecule has 2 aromatic carbocycles. The number of carbonyl (C=O) groups excluding carboxylic acids is 2. The first kappa shape index (κ1) is 20.4. The van der Waals surface area contributed by atoms with Crippen LogP contribution in [0.5, 0.6) is 11.5 Å². The highest BCUT2D eigenvalue weighted by Crippen LogP contribution is 2.35. The normalized spacial score (nSPS) is 14.7. The number of benzene rings is 2. The third kappa shape index (κ3) is 4.41.